The van der Waals surface area contributed by atoms with Gasteiger partial charge in [-0.15, -0.1) is 0 Å². The zero-order valence-electron chi connectivity index (χ0n) is 17.7. The van der Waals surface area contributed by atoms with Gasteiger partial charge in [0.25, 0.3) is 23.4 Å². The molecule has 0 aliphatic heterocycles. The number of rotatable bonds is 8. The Morgan fingerprint density at radius 3 is 2.21 bits per heavy atom. The number of hydrogen-bond acceptors (Lipinski definition) is 7. The van der Waals surface area contributed by atoms with Crippen LogP contribution in [0.1, 0.15) is 34.6 Å². The molecule has 3 amide bonds. The molecule has 2 rings (SSSR count). The average Bonchev–Trinajstić information content (AvgIpc) is 2.79. The molecule has 0 aliphatic carbocycles. The van der Waals surface area contributed by atoms with Crippen molar-refractivity contribution >= 4 is 41.0 Å². The predicted octanol–water partition coefficient (Wildman–Crippen LogP) is 2.01. The maximum Gasteiger partial charge on any atom is 0.329 e. The van der Waals surface area contributed by atoms with Crippen molar-refractivity contribution in [2.45, 2.75) is 19.9 Å². The lowest BCUT2D eigenvalue weighted by molar-refractivity contribution is -0.384. The first-order valence-corrected chi connectivity index (χ1v) is 10.0. The summed E-state index contributed by atoms with van der Waals surface area (Å²) in [4.78, 5) is 58.7. The second-order valence-electron chi connectivity index (χ2n) is 7.09. The van der Waals surface area contributed by atoms with E-state index in [1.807, 2.05) is 0 Å². The molecule has 0 saturated heterocycles. The molecule has 174 valence electrons. The molecule has 0 bridgehead atoms. The highest BCUT2D eigenvalue weighted by Gasteiger charge is 2.27. The number of hydrazine groups is 1. The number of nitrogens with one attached hydrogen (secondary N) is 3. The molecular weight excluding hydrogens is 456 g/mol. The fourth-order valence-corrected chi connectivity index (χ4v) is 2.78. The van der Waals surface area contributed by atoms with Gasteiger partial charge in [-0.05, 0) is 30.2 Å². The van der Waals surface area contributed by atoms with Gasteiger partial charge in [-0.1, -0.05) is 37.6 Å². The van der Waals surface area contributed by atoms with Crippen LogP contribution in [0.5, 0.6) is 0 Å². The third-order valence-electron chi connectivity index (χ3n) is 4.33. The first kappa shape index (κ1) is 25.3. The normalized spacial score (nSPS) is 11.3. The largest absolute Gasteiger partial charge is 0.454 e. The molecule has 1 atom stereocenters. The van der Waals surface area contributed by atoms with Gasteiger partial charge in [0, 0.05) is 17.7 Å². The van der Waals surface area contributed by atoms with Crippen LogP contribution in [0.4, 0.5) is 5.69 Å². The highest BCUT2D eigenvalue weighted by atomic mass is 35.5. The summed E-state index contributed by atoms with van der Waals surface area (Å²) < 4.78 is 4.95. The van der Waals surface area contributed by atoms with Crippen LogP contribution in [-0.4, -0.2) is 41.3 Å². The van der Waals surface area contributed by atoms with Gasteiger partial charge >= 0.3 is 5.97 Å². The van der Waals surface area contributed by atoms with Crippen molar-refractivity contribution in [3.8, 4) is 0 Å². The third-order valence-corrected chi connectivity index (χ3v) is 4.66. The van der Waals surface area contributed by atoms with Gasteiger partial charge in [0.15, 0.2) is 6.61 Å². The minimum Gasteiger partial charge on any atom is -0.454 e. The minimum absolute atomic E-state index is 0.0695. The Kier molecular flexibility index (Phi) is 8.87. The number of nitro groups is 1. The van der Waals surface area contributed by atoms with Crippen molar-refractivity contribution < 1.29 is 28.8 Å². The zero-order valence-corrected chi connectivity index (χ0v) is 18.4. The molecule has 0 unspecified atom stereocenters. The maximum absolute atomic E-state index is 12.4. The Morgan fingerprint density at radius 2 is 1.64 bits per heavy atom. The van der Waals surface area contributed by atoms with Gasteiger partial charge in [0.1, 0.15) is 6.04 Å². The van der Waals surface area contributed by atoms with E-state index in [4.69, 9.17) is 16.3 Å². The van der Waals surface area contributed by atoms with Gasteiger partial charge in [-0.3, -0.25) is 35.3 Å². The summed E-state index contributed by atoms with van der Waals surface area (Å²) in [5.41, 5.74) is 4.22. The van der Waals surface area contributed by atoms with Crippen molar-refractivity contribution in [1.29, 1.82) is 0 Å². The fourth-order valence-electron chi connectivity index (χ4n) is 2.56. The summed E-state index contributed by atoms with van der Waals surface area (Å²) in [5, 5.41) is 13.4. The fraction of sp³-hybridized carbons (Fsp3) is 0.238. The predicted molar refractivity (Wildman–Crippen MR) is 117 cm³/mol. The standard InChI is InChI=1S/C21H21ClN4O7/c1-12(2)18(23-20(29)15-5-3-4-6-16(15)22)21(30)33-11-17(27)24-25-19(28)13-7-9-14(10-8-13)26(31)32/h3-10,12,18H,11H2,1-2H3,(H,23,29)(H,24,27)(H,25,28)/t18-/m0/s1. The first-order chi connectivity index (χ1) is 15.6. The Balaban J connectivity index is 1.86. The number of benzene rings is 2. The molecule has 0 aliphatic rings. The lowest BCUT2D eigenvalue weighted by Crippen LogP contribution is -2.47. The summed E-state index contributed by atoms with van der Waals surface area (Å²) in [7, 11) is 0. The van der Waals surface area contributed by atoms with E-state index in [2.05, 4.69) is 16.2 Å². The van der Waals surface area contributed by atoms with E-state index in [1.54, 1.807) is 26.0 Å². The van der Waals surface area contributed by atoms with Gasteiger partial charge < -0.3 is 10.1 Å². The Morgan fingerprint density at radius 1 is 1.00 bits per heavy atom. The molecule has 33 heavy (non-hydrogen) atoms. The summed E-state index contributed by atoms with van der Waals surface area (Å²) in [6, 6.07) is 9.99. The van der Waals surface area contributed by atoms with Crippen LogP contribution in [0.15, 0.2) is 48.5 Å². The van der Waals surface area contributed by atoms with Crippen LogP contribution in [-0.2, 0) is 14.3 Å². The van der Waals surface area contributed by atoms with Crippen LogP contribution >= 0.6 is 11.6 Å². The van der Waals surface area contributed by atoms with Crippen LogP contribution in [0.25, 0.3) is 0 Å². The topological polar surface area (TPSA) is 157 Å². The molecule has 0 fully saturated rings. The van der Waals surface area contributed by atoms with E-state index >= 15 is 0 Å². The van der Waals surface area contributed by atoms with Crippen LogP contribution in [0.3, 0.4) is 0 Å². The number of non-ortho nitro benzene ring substituents is 1. The van der Waals surface area contributed by atoms with Crippen LogP contribution in [0, 0.1) is 16.0 Å². The van der Waals surface area contributed by atoms with Crippen molar-refractivity contribution in [2.75, 3.05) is 6.61 Å². The van der Waals surface area contributed by atoms with E-state index < -0.39 is 41.3 Å². The van der Waals surface area contributed by atoms with E-state index in [9.17, 15) is 29.3 Å². The molecule has 0 heterocycles. The monoisotopic (exact) mass is 476 g/mol. The number of ether oxygens (including phenoxy) is 1. The lowest BCUT2D eigenvalue weighted by atomic mass is 10.0. The second-order valence-corrected chi connectivity index (χ2v) is 7.50. The van der Waals surface area contributed by atoms with E-state index in [0.717, 1.165) is 12.1 Å². The molecule has 0 saturated carbocycles. The summed E-state index contributed by atoms with van der Waals surface area (Å²) in [6.45, 7) is 2.65. The van der Waals surface area contributed by atoms with Gasteiger partial charge in [-0.2, -0.15) is 0 Å². The number of nitro benzene ring substituents is 1. The van der Waals surface area contributed by atoms with Gasteiger partial charge in [-0.25, -0.2) is 4.79 Å². The number of nitrogens with zero attached hydrogens (tertiary/aromatic N) is 1. The Labute approximate surface area is 193 Å². The lowest BCUT2D eigenvalue weighted by Gasteiger charge is -2.21. The van der Waals surface area contributed by atoms with Gasteiger partial charge in [0.05, 0.1) is 15.5 Å². The van der Waals surface area contributed by atoms with Crippen LogP contribution < -0.4 is 16.2 Å². The molecule has 0 spiro atoms. The Hall–Kier alpha value is -3.99. The van der Waals surface area contributed by atoms with E-state index in [1.165, 1.54) is 24.3 Å². The van der Waals surface area contributed by atoms with E-state index in [0.29, 0.717) is 0 Å². The van der Waals surface area contributed by atoms with Gasteiger partial charge in [0.2, 0.25) is 0 Å². The van der Waals surface area contributed by atoms with E-state index in [-0.39, 0.29) is 27.8 Å². The van der Waals surface area contributed by atoms with Crippen molar-refractivity contribution in [1.82, 2.24) is 16.2 Å². The number of hydrogen-bond donors (Lipinski definition) is 3. The molecule has 11 nitrogen and oxygen atoms in total. The molecule has 3 N–H and O–H groups in total. The number of halogens is 1. The smallest absolute Gasteiger partial charge is 0.329 e. The second kappa shape index (κ2) is 11.6. The van der Waals surface area contributed by atoms with Crippen molar-refractivity contribution in [3.63, 3.8) is 0 Å². The molecule has 12 heteroatoms. The molecule has 2 aromatic rings. The van der Waals surface area contributed by atoms with Crippen molar-refractivity contribution in [3.05, 3.63) is 74.8 Å². The van der Waals surface area contributed by atoms with Crippen molar-refractivity contribution in [2.24, 2.45) is 5.92 Å². The third kappa shape index (κ3) is 7.28. The zero-order chi connectivity index (χ0) is 24.5. The quantitative estimate of drug-likeness (QED) is 0.298. The minimum atomic E-state index is -1.05. The highest BCUT2D eigenvalue weighted by Crippen LogP contribution is 2.16. The summed E-state index contributed by atoms with van der Waals surface area (Å²) in [5.74, 6) is -3.33. The highest BCUT2D eigenvalue weighted by molar-refractivity contribution is 6.33. The average molecular weight is 477 g/mol. The molecule has 0 aromatic heterocycles. The number of amides is 3. The number of carbonyl (C=O) groups excluding carboxylic acids is 4. The Bertz CT molecular complexity index is 1060. The number of carbonyl (C=O) groups is 4. The SMILES string of the molecule is CC(C)[C@H](NC(=O)c1ccccc1Cl)C(=O)OCC(=O)NNC(=O)c1ccc([N+](=O)[O-])cc1. The molecular formula is C21H21ClN4O7. The molecule has 2 aromatic carbocycles. The molecule has 0 radical (unpaired) electrons. The summed E-state index contributed by atoms with van der Waals surface area (Å²) in [6.07, 6.45) is 0. The number of esters is 1. The summed E-state index contributed by atoms with van der Waals surface area (Å²) >= 11 is 6.00. The maximum atomic E-state index is 12.4. The van der Waals surface area contributed by atoms with Crippen LogP contribution in [0.2, 0.25) is 5.02 Å². The first-order valence-electron chi connectivity index (χ1n) is 9.65.